The molecular weight excluding hydrogens is 216 g/mol. The van der Waals surface area contributed by atoms with Gasteiger partial charge in [-0.1, -0.05) is 0 Å². The van der Waals surface area contributed by atoms with E-state index in [1.165, 1.54) is 6.42 Å². The Balaban J connectivity index is 1.86. The maximum absolute atomic E-state index is 11.8. The first kappa shape index (κ1) is 12.1. The molecule has 94 valence electrons. The number of piperidine rings is 1. The third-order valence-electron chi connectivity index (χ3n) is 3.38. The Kier molecular flexibility index (Phi) is 3.78. The van der Waals surface area contributed by atoms with Crippen molar-refractivity contribution < 1.29 is 4.79 Å². The van der Waals surface area contributed by atoms with Gasteiger partial charge in [-0.3, -0.25) is 9.89 Å². The van der Waals surface area contributed by atoms with Crippen molar-refractivity contribution in [1.82, 2.24) is 15.5 Å². The van der Waals surface area contributed by atoms with E-state index >= 15 is 0 Å². The van der Waals surface area contributed by atoms with Gasteiger partial charge in [0.05, 0.1) is 0 Å². The molecule has 1 aromatic heterocycles. The Morgan fingerprint density at radius 2 is 2.35 bits per heavy atom. The Morgan fingerprint density at radius 1 is 1.53 bits per heavy atom. The average molecular weight is 236 g/mol. The van der Waals surface area contributed by atoms with Gasteiger partial charge >= 0.3 is 0 Å². The molecule has 1 amide bonds. The third kappa shape index (κ3) is 3.06. The molecular formula is C12H20N4O. The molecule has 1 aliphatic heterocycles. The number of carbonyl (C=O) groups is 1. The second-order valence-corrected chi connectivity index (χ2v) is 4.79. The van der Waals surface area contributed by atoms with Crippen molar-refractivity contribution in [3.05, 3.63) is 11.3 Å². The van der Waals surface area contributed by atoms with Crippen LogP contribution in [-0.2, 0) is 4.79 Å². The number of aryl methyl sites for hydroxylation is 1. The number of aromatic nitrogens is 2. The Bertz CT molecular complexity index is 393. The molecule has 0 saturated carbocycles. The van der Waals surface area contributed by atoms with Crippen LogP contribution >= 0.6 is 0 Å². The number of anilines is 1. The molecule has 1 atom stereocenters. The summed E-state index contributed by atoms with van der Waals surface area (Å²) in [6.07, 6.45) is 2.88. The molecule has 5 heteroatoms. The fourth-order valence-corrected chi connectivity index (χ4v) is 2.15. The number of nitrogens with zero attached hydrogens (tertiary/aromatic N) is 1. The molecule has 0 spiro atoms. The monoisotopic (exact) mass is 236 g/mol. The maximum Gasteiger partial charge on any atom is 0.225 e. The van der Waals surface area contributed by atoms with Crippen LogP contribution in [0.3, 0.4) is 0 Å². The van der Waals surface area contributed by atoms with Gasteiger partial charge in [0.15, 0.2) is 5.82 Å². The predicted molar refractivity (Wildman–Crippen MR) is 66.9 cm³/mol. The van der Waals surface area contributed by atoms with Crippen LogP contribution in [0.4, 0.5) is 5.82 Å². The summed E-state index contributed by atoms with van der Waals surface area (Å²) >= 11 is 0. The van der Waals surface area contributed by atoms with E-state index in [4.69, 9.17) is 0 Å². The summed E-state index contributed by atoms with van der Waals surface area (Å²) in [4.78, 5) is 11.8. The van der Waals surface area contributed by atoms with Gasteiger partial charge in [-0.25, -0.2) is 0 Å². The standard InChI is InChI=1S/C12H20N4O/c1-8-9(2)15-16-12(8)14-11(17)6-10-4-3-5-13-7-10/h10,13H,3-7H2,1-2H3,(H2,14,15,16,17). The first-order chi connectivity index (χ1) is 8.16. The van der Waals surface area contributed by atoms with E-state index in [9.17, 15) is 4.79 Å². The van der Waals surface area contributed by atoms with E-state index in [-0.39, 0.29) is 5.91 Å². The number of hydrogen-bond donors (Lipinski definition) is 3. The van der Waals surface area contributed by atoms with Crippen molar-refractivity contribution in [1.29, 1.82) is 0 Å². The number of nitrogens with one attached hydrogen (secondary N) is 3. The number of hydrogen-bond acceptors (Lipinski definition) is 3. The highest BCUT2D eigenvalue weighted by Gasteiger charge is 2.17. The van der Waals surface area contributed by atoms with Crippen molar-refractivity contribution in [2.75, 3.05) is 18.4 Å². The van der Waals surface area contributed by atoms with Crippen LogP contribution in [0, 0.1) is 19.8 Å². The van der Waals surface area contributed by atoms with Crippen molar-refractivity contribution in [3.8, 4) is 0 Å². The number of amides is 1. The first-order valence-corrected chi connectivity index (χ1v) is 6.19. The zero-order valence-electron chi connectivity index (χ0n) is 10.5. The fourth-order valence-electron chi connectivity index (χ4n) is 2.15. The largest absolute Gasteiger partial charge is 0.316 e. The topological polar surface area (TPSA) is 69.8 Å². The van der Waals surface area contributed by atoms with Gasteiger partial charge in [0, 0.05) is 17.7 Å². The average Bonchev–Trinajstić information content (AvgIpc) is 2.62. The molecule has 1 aromatic rings. The first-order valence-electron chi connectivity index (χ1n) is 6.19. The summed E-state index contributed by atoms with van der Waals surface area (Å²) < 4.78 is 0. The van der Waals surface area contributed by atoms with E-state index in [2.05, 4.69) is 20.8 Å². The second-order valence-electron chi connectivity index (χ2n) is 4.79. The molecule has 2 rings (SSSR count). The van der Waals surface area contributed by atoms with Crippen molar-refractivity contribution in [2.24, 2.45) is 5.92 Å². The number of carbonyl (C=O) groups excluding carboxylic acids is 1. The van der Waals surface area contributed by atoms with E-state index < -0.39 is 0 Å². The van der Waals surface area contributed by atoms with Crippen LogP contribution in [0.1, 0.15) is 30.5 Å². The normalized spacial score (nSPS) is 20.2. The van der Waals surface area contributed by atoms with Crippen LogP contribution in [0.5, 0.6) is 0 Å². The molecule has 1 fully saturated rings. The molecule has 0 aromatic carbocycles. The summed E-state index contributed by atoms with van der Waals surface area (Å²) in [6.45, 7) is 5.93. The molecule has 1 aliphatic rings. The van der Waals surface area contributed by atoms with Crippen LogP contribution in [0.2, 0.25) is 0 Å². The van der Waals surface area contributed by atoms with E-state index in [0.717, 1.165) is 30.8 Å². The molecule has 0 bridgehead atoms. The lowest BCUT2D eigenvalue weighted by Crippen LogP contribution is -2.32. The fraction of sp³-hybridized carbons (Fsp3) is 0.667. The van der Waals surface area contributed by atoms with Gasteiger partial charge in [0.1, 0.15) is 0 Å². The van der Waals surface area contributed by atoms with Crippen LogP contribution < -0.4 is 10.6 Å². The van der Waals surface area contributed by atoms with E-state index in [1.807, 2.05) is 13.8 Å². The Hall–Kier alpha value is -1.36. The van der Waals surface area contributed by atoms with Gasteiger partial charge in [-0.2, -0.15) is 5.10 Å². The molecule has 3 N–H and O–H groups in total. The predicted octanol–water partition coefficient (Wildman–Crippen LogP) is 1.35. The van der Waals surface area contributed by atoms with E-state index in [1.54, 1.807) is 0 Å². The Labute approximate surface area is 101 Å². The third-order valence-corrected chi connectivity index (χ3v) is 3.38. The van der Waals surface area contributed by atoms with E-state index in [0.29, 0.717) is 18.2 Å². The highest BCUT2D eigenvalue weighted by molar-refractivity contribution is 5.90. The number of rotatable bonds is 3. The van der Waals surface area contributed by atoms with Crippen LogP contribution in [0.25, 0.3) is 0 Å². The molecule has 0 aliphatic carbocycles. The zero-order valence-corrected chi connectivity index (χ0v) is 10.5. The minimum absolute atomic E-state index is 0.0632. The molecule has 2 heterocycles. The summed E-state index contributed by atoms with van der Waals surface area (Å²) in [7, 11) is 0. The van der Waals surface area contributed by atoms with Crippen molar-refractivity contribution in [3.63, 3.8) is 0 Å². The maximum atomic E-state index is 11.8. The highest BCUT2D eigenvalue weighted by Crippen LogP contribution is 2.17. The van der Waals surface area contributed by atoms with Gasteiger partial charge < -0.3 is 10.6 Å². The minimum atomic E-state index is 0.0632. The smallest absolute Gasteiger partial charge is 0.225 e. The molecule has 0 radical (unpaired) electrons. The van der Waals surface area contributed by atoms with Crippen molar-refractivity contribution >= 4 is 11.7 Å². The van der Waals surface area contributed by atoms with Gasteiger partial charge in [-0.15, -0.1) is 0 Å². The van der Waals surface area contributed by atoms with Gasteiger partial charge in [0.25, 0.3) is 0 Å². The molecule has 1 saturated heterocycles. The quantitative estimate of drug-likeness (QED) is 0.742. The lowest BCUT2D eigenvalue weighted by Gasteiger charge is -2.21. The minimum Gasteiger partial charge on any atom is -0.316 e. The van der Waals surface area contributed by atoms with Gasteiger partial charge in [0.2, 0.25) is 5.91 Å². The number of H-pyrrole nitrogens is 1. The summed E-state index contributed by atoms with van der Waals surface area (Å²) in [5.41, 5.74) is 2.01. The molecule has 1 unspecified atom stereocenters. The summed E-state index contributed by atoms with van der Waals surface area (Å²) in [5, 5.41) is 13.1. The molecule has 5 nitrogen and oxygen atoms in total. The SMILES string of the molecule is Cc1[nH]nc(NC(=O)CC2CCCNC2)c1C. The lowest BCUT2D eigenvalue weighted by atomic mass is 9.96. The summed E-state index contributed by atoms with van der Waals surface area (Å²) in [6, 6.07) is 0. The second kappa shape index (κ2) is 5.31. The lowest BCUT2D eigenvalue weighted by molar-refractivity contribution is -0.117. The van der Waals surface area contributed by atoms with Crippen LogP contribution in [0.15, 0.2) is 0 Å². The zero-order chi connectivity index (χ0) is 12.3. The summed E-state index contributed by atoms with van der Waals surface area (Å²) in [5.74, 6) is 1.19. The highest BCUT2D eigenvalue weighted by atomic mass is 16.1. The van der Waals surface area contributed by atoms with Crippen LogP contribution in [-0.4, -0.2) is 29.2 Å². The molecule has 17 heavy (non-hydrogen) atoms. The Morgan fingerprint density at radius 3 is 2.94 bits per heavy atom. The number of aromatic amines is 1. The van der Waals surface area contributed by atoms with Crippen molar-refractivity contribution in [2.45, 2.75) is 33.1 Å². The van der Waals surface area contributed by atoms with Gasteiger partial charge in [-0.05, 0) is 45.7 Å².